The van der Waals surface area contributed by atoms with E-state index in [9.17, 15) is 9.59 Å². The van der Waals surface area contributed by atoms with Crippen molar-refractivity contribution in [3.05, 3.63) is 52.6 Å². The molecule has 9 nitrogen and oxygen atoms in total. The molecule has 2 saturated heterocycles. The van der Waals surface area contributed by atoms with Crippen LogP contribution in [0.5, 0.6) is 0 Å². The highest BCUT2D eigenvalue weighted by atomic mass is 16.2. The number of benzene rings is 1. The molecule has 2 amide bonds. The lowest BCUT2D eigenvalue weighted by molar-refractivity contribution is 0.195. The maximum atomic E-state index is 12.6. The highest BCUT2D eigenvalue weighted by Gasteiger charge is 2.21. The van der Waals surface area contributed by atoms with Gasteiger partial charge in [-0.1, -0.05) is 12.1 Å². The fourth-order valence-electron chi connectivity index (χ4n) is 4.48. The summed E-state index contributed by atoms with van der Waals surface area (Å²) < 4.78 is 1.48. The van der Waals surface area contributed by atoms with Gasteiger partial charge in [0.2, 0.25) is 0 Å². The largest absolute Gasteiger partial charge is 0.354 e. The summed E-state index contributed by atoms with van der Waals surface area (Å²) in [6, 6.07) is 9.87. The van der Waals surface area contributed by atoms with Crippen LogP contribution in [-0.4, -0.2) is 70.2 Å². The summed E-state index contributed by atoms with van der Waals surface area (Å²) in [6.45, 7) is 4.42. The van der Waals surface area contributed by atoms with E-state index in [4.69, 9.17) is 11.5 Å². The zero-order valence-corrected chi connectivity index (χ0v) is 19.2. The van der Waals surface area contributed by atoms with Crippen LogP contribution in [0.4, 0.5) is 10.6 Å². The molecule has 33 heavy (non-hydrogen) atoms. The number of urea groups is 1. The minimum atomic E-state index is -0.429. The molecule has 1 atom stereocenters. The molecule has 1 unspecified atom stereocenters. The van der Waals surface area contributed by atoms with Crippen LogP contribution in [0, 0.1) is 0 Å². The van der Waals surface area contributed by atoms with Crippen molar-refractivity contribution in [2.45, 2.75) is 50.6 Å². The Labute approximate surface area is 194 Å². The maximum absolute atomic E-state index is 12.6. The Bertz CT molecular complexity index is 983. The third-order valence-electron chi connectivity index (χ3n) is 6.66. The van der Waals surface area contributed by atoms with Crippen LogP contribution in [0.2, 0.25) is 0 Å². The van der Waals surface area contributed by atoms with Gasteiger partial charge in [0.1, 0.15) is 5.82 Å². The predicted molar refractivity (Wildman–Crippen MR) is 130 cm³/mol. The lowest BCUT2D eigenvalue weighted by Gasteiger charge is -2.29. The molecule has 5 N–H and O–H groups in total. The Kier molecular flexibility index (Phi) is 7.74. The van der Waals surface area contributed by atoms with Gasteiger partial charge in [-0.15, -0.1) is 0 Å². The van der Waals surface area contributed by atoms with Gasteiger partial charge < -0.3 is 21.3 Å². The highest BCUT2D eigenvalue weighted by molar-refractivity contribution is 5.88. The summed E-state index contributed by atoms with van der Waals surface area (Å²) in [7, 11) is 0. The Morgan fingerprint density at radius 1 is 0.970 bits per heavy atom. The van der Waals surface area contributed by atoms with Gasteiger partial charge in [-0.25, -0.2) is 9.59 Å². The molecular weight excluding hydrogens is 418 g/mol. The smallest absolute Gasteiger partial charge is 0.328 e. The molecule has 3 heterocycles. The van der Waals surface area contributed by atoms with E-state index in [0.717, 1.165) is 57.4 Å². The summed E-state index contributed by atoms with van der Waals surface area (Å²) in [5.74, 6) is 0.255. The van der Waals surface area contributed by atoms with E-state index in [1.807, 2.05) is 12.1 Å². The first-order valence-electron chi connectivity index (χ1n) is 12.0. The topological polar surface area (TPSA) is 123 Å². The van der Waals surface area contributed by atoms with Crippen LogP contribution >= 0.6 is 0 Å². The number of nitrogens with two attached hydrogens (primary N) is 2. The number of anilines is 1. The number of carbonyl (C=O) groups is 1. The number of hydrogen-bond donors (Lipinski definition) is 3. The average molecular weight is 454 g/mol. The zero-order valence-electron chi connectivity index (χ0n) is 19.2. The number of piperidine rings is 1. The Morgan fingerprint density at radius 3 is 2.39 bits per heavy atom. The molecule has 2 fully saturated rings. The first kappa shape index (κ1) is 23.4. The average Bonchev–Trinajstić information content (AvgIpc) is 3.02. The van der Waals surface area contributed by atoms with Gasteiger partial charge in [-0.2, -0.15) is 4.98 Å². The maximum Gasteiger partial charge on any atom is 0.354 e. The molecule has 1 aromatic heterocycles. The molecule has 4 rings (SSSR count). The molecule has 0 saturated carbocycles. The van der Waals surface area contributed by atoms with Crippen molar-refractivity contribution in [3.63, 3.8) is 0 Å². The van der Waals surface area contributed by atoms with E-state index in [-0.39, 0.29) is 17.9 Å². The second kappa shape index (κ2) is 10.9. The van der Waals surface area contributed by atoms with E-state index < -0.39 is 5.69 Å². The lowest BCUT2D eigenvalue weighted by atomic mass is 10.1. The van der Waals surface area contributed by atoms with E-state index in [1.165, 1.54) is 16.6 Å². The first-order chi connectivity index (χ1) is 16.0. The molecule has 0 bridgehead atoms. The van der Waals surface area contributed by atoms with Crippen molar-refractivity contribution < 1.29 is 4.79 Å². The van der Waals surface area contributed by atoms with Gasteiger partial charge in [0.05, 0.1) is 5.69 Å². The van der Waals surface area contributed by atoms with E-state index >= 15 is 0 Å². The number of carbonyl (C=O) groups excluding carboxylic acids is 1. The second-order valence-electron chi connectivity index (χ2n) is 9.17. The van der Waals surface area contributed by atoms with E-state index in [0.29, 0.717) is 19.1 Å². The summed E-state index contributed by atoms with van der Waals surface area (Å²) >= 11 is 0. The van der Waals surface area contributed by atoms with Crippen LogP contribution in [-0.2, 0) is 6.42 Å². The number of likely N-dealkylation sites (tertiary alicyclic amines) is 2. The van der Waals surface area contributed by atoms with E-state index in [1.54, 1.807) is 17.2 Å². The van der Waals surface area contributed by atoms with Gasteiger partial charge >= 0.3 is 11.7 Å². The Morgan fingerprint density at radius 2 is 1.67 bits per heavy atom. The van der Waals surface area contributed by atoms with Gasteiger partial charge in [0.15, 0.2) is 0 Å². The molecule has 2 aliphatic heterocycles. The number of rotatable bonds is 5. The van der Waals surface area contributed by atoms with Crippen LogP contribution in [0.1, 0.15) is 37.7 Å². The third-order valence-corrected chi connectivity index (χ3v) is 6.66. The molecule has 2 aliphatic rings. The predicted octanol–water partition coefficient (Wildman–Crippen LogP) is 1.54. The number of nitrogens with zero attached hydrogens (tertiary/aromatic N) is 4. The molecule has 9 heteroatoms. The van der Waals surface area contributed by atoms with Crippen molar-refractivity contribution in [1.82, 2.24) is 19.4 Å². The fourth-order valence-corrected chi connectivity index (χ4v) is 4.48. The monoisotopic (exact) mass is 453 g/mol. The second-order valence-corrected chi connectivity index (χ2v) is 9.17. The van der Waals surface area contributed by atoms with Crippen molar-refractivity contribution in [1.29, 1.82) is 0 Å². The Hall–Kier alpha value is -2.75. The zero-order chi connectivity index (χ0) is 23.2. The van der Waals surface area contributed by atoms with Crippen molar-refractivity contribution in [2.24, 2.45) is 11.5 Å². The summed E-state index contributed by atoms with van der Waals surface area (Å²) in [5, 5.41) is 2.72. The van der Waals surface area contributed by atoms with Gasteiger partial charge in [-0.3, -0.25) is 9.88 Å². The van der Waals surface area contributed by atoms with Crippen molar-refractivity contribution in [3.8, 4) is 5.69 Å². The van der Waals surface area contributed by atoms with Gasteiger partial charge in [0.25, 0.3) is 0 Å². The summed E-state index contributed by atoms with van der Waals surface area (Å²) in [6.07, 6.45) is 7.52. The molecule has 0 radical (unpaired) electrons. The lowest BCUT2D eigenvalue weighted by Crippen LogP contribution is -2.44. The van der Waals surface area contributed by atoms with E-state index in [2.05, 4.69) is 27.3 Å². The summed E-state index contributed by atoms with van der Waals surface area (Å²) in [5.41, 5.74) is 13.5. The van der Waals surface area contributed by atoms with Crippen LogP contribution in [0.3, 0.4) is 0 Å². The van der Waals surface area contributed by atoms with Crippen LogP contribution < -0.4 is 22.5 Å². The highest BCUT2D eigenvalue weighted by Crippen LogP contribution is 2.14. The minimum Gasteiger partial charge on any atom is -0.328 e. The number of aromatic nitrogens is 2. The van der Waals surface area contributed by atoms with Gasteiger partial charge in [-0.05, 0) is 75.4 Å². The molecule has 0 spiro atoms. The SMILES string of the molecule is NC1CCCN(CCc2ccc(-n3ccc(NC(=O)N4CCC(N)CC4)nc3=O)cc2)CC1. The first-order valence-corrected chi connectivity index (χ1v) is 12.0. The normalized spacial score (nSPS) is 20.4. The molecular formula is C24H35N7O2. The van der Waals surface area contributed by atoms with Crippen LogP contribution in [0.25, 0.3) is 5.69 Å². The molecule has 178 valence electrons. The third kappa shape index (κ3) is 6.40. The van der Waals surface area contributed by atoms with Crippen molar-refractivity contribution >= 4 is 11.8 Å². The number of hydrogen-bond acceptors (Lipinski definition) is 6. The van der Waals surface area contributed by atoms with Crippen LogP contribution in [0.15, 0.2) is 41.3 Å². The fraction of sp³-hybridized carbons (Fsp3) is 0.542. The standard InChI is InChI=1S/C24H35N7O2/c25-19-2-1-12-29(14-8-19)13-7-18-3-5-21(6-4-18)31-17-11-22(28-24(31)33)27-23(32)30-15-9-20(26)10-16-30/h3-6,11,17,19-20H,1-2,7-10,12-16,25-26H2,(H,27,28,32,33). The number of amides is 2. The quantitative estimate of drug-likeness (QED) is 0.631. The van der Waals surface area contributed by atoms with Gasteiger partial charge in [0, 0.05) is 37.9 Å². The molecule has 2 aromatic rings. The Balaban J connectivity index is 1.33. The number of nitrogens with one attached hydrogen (secondary N) is 1. The molecule has 1 aromatic carbocycles. The minimum absolute atomic E-state index is 0.149. The summed E-state index contributed by atoms with van der Waals surface area (Å²) in [4.78, 5) is 33.2. The molecule has 0 aliphatic carbocycles. The van der Waals surface area contributed by atoms with Crippen molar-refractivity contribution in [2.75, 3.05) is 38.0 Å².